The van der Waals surface area contributed by atoms with E-state index in [0.29, 0.717) is 0 Å². The number of benzene rings is 1. The van der Waals surface area contributed by atoms with Gasteiger partial charge in [-0.3, -0.25) is 14.9 Å². The van der Waals surface area contributed by atoms with Gasteiger partial charge in [0.25, 0.3) is 11.6 Å². The highest BCUT2D eigenvalue weighted by Crippen LogP contribution is 2.22. The summed E-state index contributed by atoms with van der Waals surface area (Å²) in [6, 6.07) is 3.64. The molecule has 0 atom stereocenters. The second kappa shape index (κ2) is 6.11. The number of carbonyl (C=O) groups excluding carboxylic acids is 1. The van der Waals surface area contributed by atoms with E-state index in [4.69, 9.17) is 11.6 Å². The summed E-state index contributed by atoms with van der Waals surface area (Å²) in [6.07, 6.45) is 1.57. The highest BCUT2D eigenvalue weighted by atomic mass is 35.5. The van der Waals surface area contributed by atoms with Gasteiger partial charge in [0.2, 0.25) is 0 Å². The monoisotopic (exact) mass is 269 g/mol. The van der Waals surface area contributed by atoms with Crippen molar-refractivity contribution in [1.29, 1.82) is 0 Å². The zero-order valence-corrected chi connectivity index (χ0v) is 10.6. The van der Waals surface area contributed by atoms with Crippen molar-refractivity contribution in [3.8, 4) is 0 Å². The molecule has 96 valence electrons. The molecule has 0 aliphatic carbocycles. The molecule has 7 heteroatoms. The SMILES string of the molecule is CC(C)/C=N/NC(=O)c1ccc([N+](=O)[O-])cc1Cl. The van der Waals surface area contributed by atoms with Gasteiger partial charge in [-0.25, -0.2) is 5.43 Å². The number of nitrogens with zero attached hydrogens (tertiary/aromatic N) is 2. The van der Waals surface area contributed by atoms with E-state index < -0.39 is 10.8 Å². The van der Waals surface area contributed by atoms with E-state index in [2.05, 4.69) is 10.5 Å². The Bertz CT molecular complexity index is 500. The van der Waals surface area contributed by atoms with Gasteiger partial charge in [0.05, 0.1) is 15.5 Å². The number of halogens is 1. The van der Waals surface area contributed by atoms with Gasteiger partial charge in [-0.2, -0.15) is 5.10 Å². The lowest BCUT2D eigenvalue weighted by molar-refractivity contribution is -0.384. The molecule has 0 heterocycles. The van der Waals surface area contributed by atoms with Crippen LogP contribution in [0.1, 0.15) is 24.2 Å². The number of nitro benzene ring substituents is 1. The predicted octanol–water partition coefficient (Wildman–Crippen LogP) is 2.62. The summed E-state index contributed by atoms with van der Waals surface area (Å²) in [5.41, 5.74) is 2.27. The molecule has 1 aromatic rings. The normalized spacial score (nSPS) is 10.9. The maximum atomic E-state index is 11.6. The lowest BCUT2D eigenvalue weighted by atomic mass is 10.2. The Labute approximate surface area is 109 Å². The molecular formula is C11H12ClN3O3. The molecule has 1 amide bonds. The van der Waals surface area contributed by atoms with Gasteiger partial charge >= 0.3 is 0 Å². The first-order valence-corrected chi connectivity index (χ1v) is 5.57. The van der Waals surface area contributed by atoms with E-state index in [1.807, 2.05) is 13.8 Å². The number of carbonyl (C=O) groups is 1. The van der Waals surface area contributed by atoms with Crippen molar-refractivity contribution in [3.63, 3.8) is 0 Å². The Morgan fingerprint density at radius 1 is 1.56 bits per heavy atom. The minimum Gasteiger partial charge on any atom is -0.267 e. The molecule has 0 fully saturated rings. The minimum absolute atomic E-state index is 0.0152. The van der Waals surface area contributed by atoms with E-state index in [-0.39, 0.29) is 22.2 Å². The molecule has 0 saturated heterocycles. The van der Waals surface area contributed by atoms with Crippen LogP contribution in [0.15, 0.2) is 23.3 Å². The molecule has 0 radical (unpaired) electrons. The van der Waals surface area contributed by atoms with Gasteiger partial charge in [0.15, 0.2) is 0 Å². The van der Waals surface area contributed by atoms with Crippen molar-refractivity contribution < 1.29 is 9.72 Å². The fourth-order valence-corrected chi connectivity index (χ4v) is 1.37. The van der Waals surface area contributed by atoms with Crippen molar-refractivity contribution in [2.75, 3.05) is 0 Å². The van der Waals surface area contributed by atoms with Crippen LogP contribution in [0, 0.1) is 16.0 Å². The first-order chi connectivity index (χ1) is 8.41. The molecule has 6 nitrogen and oxygen atoms in total. The van der Waals surface area contributed by atoms with Crippen LogP contribution < -0.4 is 5.43 Å². The molecule has 0 aromatic heterocycles. The average molecular weight is 270 g/mol. The summed E-state index contributed by atoms with van der Waals surface area (Å²) in [4.78, 5) is 21.6. The molecule has 1 aromatic carbocycles. The Morgan fingerprint density at radius 2 is 2.22 bits per heavy atom. The third-order valence-electron chi connectivity index (χ3n) is 1.95. The maximum Gasteiger partial charge on any atom is 0.272 e. The Balaban J connectivity index is 2.84. The largest absolute Gasteiger partial charge is 0.272 e. The highest BCUT2D eigenvalue weighted by Gasteiger charge is 2.14. The summed E-state index contributed by atoms with van der Waals surface area (Å²) in [5.74, 6) is -0.301. The number of non-ortho nitro benzene ring substituents is 1. The van der Waals surface area contributed by atoms with Gasteiger partial charge in [0, 0.05) is 18.3 Å². The van der Waals surface area contributed by atoms with E-state index in [0.717, 1.165) is 6.07 Å². The molecule has 0 unspecified atom stereocenters. The van der Waals surface area contributed by atoms with Crippen molar-refractivity contribution in [2.24, 2.45) is 11.0 Å². The Hall–Kier alpha value is -1.95. The van der Waals surface area contributed by atoms with E-state index in [1.165, 1.54) is 12.1 Å². The second-order valence-electron chi connectivity index (χ2n) is 3.88. The zero-order chi connectivity index (χ0) is 13.7. The Morgan fingerprint density at radius 3 is 2.72 bits per heavy atom. The van der Waals surface area contributed by atoms with Gasteiger partial charge in [-0.05, 0) is 12.0 Å². The van der Waals surface area contributed by atoms with Crippen LogP contribution >= 0.6 is 11.6 Å². The molecule has 0 spiro atoms. The van der Waals surface area contributed by atoms with Crippen molar-refractivity contribution in [1.82, 2.24) is 5.43 Å². The summed E-state index contributed by atoms with van der Waals surface area (Å²) >= 11 is 5.79. The number of nitro groups is 1. The number of amides is 1. The molecule has 1 rings (SSSR count). The van der Waals surface area contributed by atoms with Crippen LogP contribution in [0.2, 0.25) is 5.02 Å². The fourth-order valence-electron chi connectivity index (χ4n) is 1.11. The van der Waals surface area contributed by atoms with E-state index in [1.54, 1.807) is 6.21 Å². The number of rotatable bonds is 4. The van der Waals surface area contributed by atoms with Crippen LogP contribution in [0.5, 0.6) is 0 Å². The lowest BCUT2D eigenvalue weighted by Gasteiger charge is -2.02. The topological polar surface area (TPSA) is 84.6 Å². The molecule has 0 aliphatic heterocycles. The maximum absolute atomic E-state index is 11.6. The summed E-state index contributed by atoms with van der Waals surface area (Å²) in [6.45, 7) is 3.82. The molecule has 1 N–H and O–H groups in total. The Kier molecular flexibility index (Phi) is 4.79. The number of hydrazone groups is 1. The van der Waals surface area contributed by atoms with Crippen molar-refractivity contribution in [3.05, 3.63) is 38.9 Å². The van der Waals surface area contributed by atoms with Crippen LogP contribution in [0.3, 0.4) is 0 Å². The second-order valence-corrected chi connectivity index (χ2v) is 4.29. The first kappa shape index (κ1) is 14.1. The van der Waals surface area contributed by atoms with Gasteiger partial charge in [-0.1, -0.05) is 25.4 Å². The van der Waals surface area contributed by atoms with Gasteiger partial charge in [0.1, 0.15) is 0 Å². The third-order valence-corrected chi connectivity index (χ3v) is 2.26. The standard InChI is InChI=1S/C11H12ClN3O3/c1-7(2)6-13-14-11(16)9-4-3-8(15(17)18)5-10(9)12/h3-7H,1-2H3,(H,14,16)/b13-6+. The van der Waals surface area contributed by atoms with Gasteiger partial charge < -0.3 is 0 Å². The molecule has 0 aliphatic rings. The molecular weight excluding hydrogens is 258 g/mol. The first-order valence-electron chi connectivity index (χ1n) is 5.19. The predicted molar refractivity (Wildman–Crippen MR) is 68.9 cm³/mol. The van der Waals surface area contributed by atoms with Crippen molar-refractivity contribution in [2.45, 2.75) is 13.8 Å². The van der Waals surface area contributed by atoms with E-state index >= 15 is 0 Å². The van der Waals surface area contributed by atoms with Crippen LogP contribution in [-0.4, -0.2) is 17.0 Å². The smallest absolute Gasteiger partial charge is 0.267 e. The number of nitrogens with one attached hydrogen (secondary N) is 1. The fraction of sp³-hybridized carbons (Fsp3) is 0.273. The summed E-state index contributed by atoms with van der Waals surface area (Å²) in [5, 5.41) is 14.2. The summed E-state index contributed by atoms with van der Waals surface area (Å²) in [7, 11) is 0. The van der Waals surface area contributed by atoms with Crippen molar-refractivity contribution >= 4 is 29.4 Å². The minimum atomic E-state index is -0.579. The zero-order valence-electron chi connectivity index (χ0n) is 9.88. The molecule has 0 bridgehead atoms. The average Bonchev–Trinajstić information content (AvgIpc) is 2.27. The number of hydrogen-bond donors (Lipinski definition) is 1. The quantitative estimate of drug-likeness (QED) is 0.518. The molecule has 0 saturated carbocycles. The number of hydrogen-bond acceptors (Lipinski definition) is 4. The molecule has 18 heavy (non-hydrogen) atoms. The van der Waals surface area contributed by atoms with Crippen LogP contribution in [0.25, 0.3) is 0 Å². The van der Waals surface area contributed by atoms with Crippen LogP contribution in [-0.2, 0) is 0 Å². The van der Waals surface area contributed by atoms with Crippen LogP contribution in [0.4, 0.5) is 5.69 Å². The lowest BCUT2D eigenvalue weighted by Crippen LogP contribution is -2.18. The summed E-state index contributed by atoms with van der Waals surface area (Å²) < 4.78 is 0. The van der Waals surface area contributed by atoms with E-state index in [9.17, 15) is 14.9 Å². The van der Waals surface area contributed by atoms with Gasteiger partial charge in [-0.15, -0.1) is 0 Å². The highest BCUT2D eigenvalue weighted by molar-refractivity contribution is 6.34. The third kappa shape index (κ3) is 3.81.